The number of hydrogen-bond acceptors (Lipinski definition) is 41. The summed E-state index contributed by atoms with van der Waals surface area (Å²) in [6.45, 7) is -5.04. The molecular formula is C39H66N4O49S6. The van der Waals surface area contributed by atoms with Crippen molar-refractivity contribution in [3.63, 3.8) is 0 Å². The van der Waals surface area contributed by atoms with E-state index in [9.17, 15) is 159 Å². The van der Waals surface area contributed by atoms with E-state index in [1.807, 2.05) is 0 Å². The van der Waals surface area contributed by atoms with E-state index in [1.54, 1.807) is 0 Å². The van der Waals surface area contributed by atoms with Crippen LogP contribution in [0.25, 0.3) is 0 Å². The van der Waals surface area contributed by atoms with Crippen LogP contribution in [0.2, 0.25) is 0 Å². The molecular weight excluding hydrogens is 1500 g/mol. The molecule has 0 aromatic carbocycles. The third-order valence-corrected chi connectivity index (χ3v) is 17.6. The number of aliphatic hydroxyl groups excluding tert-OH is 10. The van der Waals surface area contributed by atoms with Crippen molar-refractivity contribution in [2.45, 2.75) is 190 Å². The van der Waals surface area contributed by atoms with Gasteiger partial charge in [0.2, 0.25) is 0 Å². The maximum atomic E-state index is 13.1. The Hall–Kier alpha value is -3.29. The van der Waals surface area contributed by atoms with E-state index in [1.165, 1.54) is 14.2 Å². The van der Waals surface area contributed by atoms with Gasteiger partial charge in [0.1, 0.15) is 110 Å². The zero-order valence-corrected chi connectivity index (χ0v) is 53.2. The lowest BCUT2D eigenvalue weighted by molar-refractivity contribution is -0.376. The number of nitrogens with one attached hydrogen (secondary N) is 3. The smallest absolute Gasteiger partial charge is 0.397 e. The quantitative estimate of drug-likeness (QED) is 0.0220. The molecule has 572 valence electrons. The number of ether oxygens (including phenoxy) is 12. The van der Waals surface area contributed by atoms with Crippen LogP contribution in [0.4, 0.5) is 0 Å². The topological polar surface area (TPSA) is 841 Å². The predicted molar refractivity (Wildman–Crippen MR) is 287 cm³/mol. The molecule has 24 N–H and O–H groups in total. The SMILES string of the molecule is NCCCO[C@@H]1O[C@H](C(=O)O)[C@@H](O[C@H]2O[C@H](CO)[C@@H](O[C@@H]3O[C@@H](C(=O)O)[C@@H](O[C@H]4O[C@H](CO)[C@@H](O[C@@H]5O[C@@H](C(=O)O)[C@@H](O[C@H]6O[C@H](CO)[C@@H](O)[C@H](O)[C@H]6NS(=O)(=O)O)[C@H](O)[C@H]5OS(=O)(=O)O)[C@H](O)[C@H]4NS(=O)(=O)O)[C@H](O)[C@H]3OS(=O)(=O)O)[C@H](O)[C@H]2NS(=O)(=O)O)[C@H](O)[C@H]1OS(=O)(=O)O. The molecule has 0 bridgehead atoms. The summed E-state index contributed by atoms with van der Waals surface area (Å²) in [4.78, 5) is 38.4. The average molecular weight is 1570 g/mol. The van der Waals surface area contributed by atoms with Gasteiger partial charge in [-0.15, -0.1) is 0 Å². The number of carbonyl (C=O) groups is 3. The van der Waals surface area contributed by atoms with Crippen LogP contribution in [0.1, 0.15) is 6.42 Å². The van der Waals surface area contributed by atoms with Gasteiger partial charge in [-0.25, -0.2) is 26.9 Å². The second-order valence-corrected chi connectivity index (χ2v) is 27.9. The minimum atomic E-state index is -6.12. The number of rotatable bonds is 32. The fraction of sp³-hybridized carbons (Fsp3) is 0.923. The molecule has 0 unspecified atom stereocenters. The highest BCUT2D eigenvalue weighted by atomic mass is 32.3. The third-order valence-electron chi connectivity index (χ3n) is 14.5. The first kappa shape index (κ1) is 83.7. The van der Waals surface area contributed by atoms with E-state index in [4.69, 9.17) is 62.6 Å². The van der Waals surface area contributed by atoms with Crippen LogP contribution in [-0.2, 0) is 146 Å². The van der Waals surface area contributed by atoms with Crippen molar-refractivity contribution in [2.24, 2.45) is 5.73 Å². The van der Waals surface area contributed by atoms with Crippen molar-refractivity contribution in [3.8, 4) is 0 Å². The van der Waals surface area contributed by atoms with Gasteiger partial charge in [0.05, 0.1) is 26.4 Å². The zero-order chi connectivity index (χ0) is 74.0. The predicted octanol–water partition coefficient (Wildman–Crippen LogP) is -15.8. The Morgan fingerprint density at radius 1 is 0.357 bits per heavy atom. The molecule has 30 atom stereocenters. The maximum Gasteiger partial charge on any atom is 0.397 e. The molecule has 0 radical (unpaired) electrons. The van der Waals surface area contributed by atoms with Gasteiger partial charge in [0, 0.05) is 0 Å². The van der Waals surface area contributed by atoms with E-state index >= 15 is 0 Å². The molecule has 6 rings (SSSR count). The molecule has 0 aliphatic carbocycles. The number of carboxylic acids is 3. The highest BCUT2D eigenvalue weighted by Gasteiger charge is 2.62. The van der Waals surface area contributed by atoms with E-state index in [0.29, 0.717) is 0 Å². The Kier molecular flexibility index (Phi) is 28.4. The van der Waals surface area contributed by atoms with E-state index in [0.717, 1.165) is 0 Å². The van der Waals surface area contributed by atoms with Gasteiger partial charge in [0.25, 0.3) is 0 Å². The summed E-state index contributed by atoms with van der Waals surface area (Å²) in [7, 11) is -34.9. The Balaban J connectivity index is 1.32. The van der Waals surface area contributed by atoms with Crippen LogP contribution in [-0.4, -0.2) is 379 Å². The van der Waals surface area contributed by atoms with Crippen LogP contribution in [0.5, 0.6) is 0 Å². The lowest BCUT2D eigenvalue weighted by atomic mass is 9.94. The molecule has 0 saturated carbocycles. The fourth-order valence-electron chi connectivity index (χ4n) is 10.5. The van der Waals surface area contributed by atoms with Gasteiger partial charge >= 0.3 is 80.0 Å². The van der Waals surface area contributed by atoms with Crippen LogP contribution < -0.4 is 19.9 Å². The highest BCUT2D eigenvalue weighted by molar-refractivity contribution is 7.84. The molecule has 6 heterocycles. The second-order valence-electron chi connectivity index (χ2n) is 21.2. The summed E-state index contributed by atoms with van der Waals surface area (Å²) in [6, 6.07) is -8.08. The van der Waals surface area contributed by atoms with E-state index in [-0.39, 0.29) is 13.0 Å². The number of hydrogen-bond donors (Lipinski definition) is 23. The fourth-order valence-corrected chi connectivity index (χ4v) is 13.7. The molecule has 0 aromatic rings. The number of nitrogens with two attached hydrogens (primary N) is 1. The largest absolute Gasteiger partial charge is 0.479 e. The highest BCUT2D eigenvalue weighted by Crippen LogP contribution is 2.39. The van der Waals surface area contributed by atoms with Crippen LogP contribution in [0.15, 0.2) is 0 Å². The van der Waals surface area contributed by atoms with Crippen LogP contribution in [0, 0.1) is 0 Å². The van der Waals surface area contributed by atoms with Gasteiger partial charge in [0.15, 0.2) is 74.4 Å². The van der Waals surface area contributed by atoms with Crippen LogP contribution in [0.3, 0.4) is 0 Å². The molecule has 53 nitrogen and oxygen atoms in total. The lowest BCUT2D eigenvalue weighted by Crippen LogP contribution is -2.71. The van der Waals surface area contributed by atoms with E-state index in [2.05, 4.69) is 12.5 Å². The van der Waals surface area contributed by atoms with Gasteiger partial charge in [-0.1, -0.05) is 0 Å². The first-order chi connectivity index (χ1) is 45.0. The first-order valence-corrected chi connectivity index (χ1v) is 35.4. The van der Waals surface area contributed by atoms with E-state index < -0.39 is 290 Å². The minimum absolute atomic E-state index is 0.0383. The Labute approximate surface area is 549 Å². The molecule has 6 aliphatic rings. The Morgan fingerprint density at radius 2 is 0.633 bits per heavy atom. The molecule has 0 amide bonds. The van der Waals surface area contributed by atoms with Crippen molar-refractivity contribution < 1.29 is 228 Å². The third kappa shape index (κ3) is 21.7. The standard InChI is InChI=1S/C39H66N4O49S6/c40-2-1-3-78-37-25(90-96(69,70)71)17(51)22(28(87-37)31(54)55)85-35-11(42-94(63,64)65)15(49)20(8(5-45)80-35)83-39-27(92-98(75,76)77)19(53)24(30(89-39)33(58)59)86-36-12(43-95(66,67)68)16(50)21(9(6-46)81-36)82-38-26(91-97(72,73)74)18(52)23(29(88-38)32(56)57)84-34-10(41-93(60,61)62)14(48)13(47)7(4-44)79-34/h7-30,34-39,41-53H,1-6,40H2,(H,54,55)(H,56,57)(H,58,59)(H,60,61,62)(H,63,64,65)(H,66,67,68)(H,69,70,71)(H,72,73,74)(H,75,76,77)/t7-,8-,9-,10-,11-,12-,13-,14-,15-,16-,17+,18+,19+,20-,21-,22+,23+,24+,25-,26-,27-,28+,29-,30-,34-,35-,36-,37-,38-,39-/m1/s1. The maximum absolute atomic E-state index is 13.1. The van der Waals surface area contributed by atoms with Crippen LogP contribution >= 0.6 is 0 Å². The average Bonchev–Trinajstić information content (AvgIpc) is 0.766. The summed E-state index contributed by atoms with van der Waals surface area (Å²) in [6.07, 6.45) is -73.9. The zero-order valence-electron chi connectivity index (χ0n) is 48.3. The summed E-state index contributed by atoms with van der Waals surface area (Å²) >= 11 is 0. The Bertz CT molecular complexity index is 3440. The monoisotopic (exact) mass is 1570 g/mol. The summed E-state index contributed by atoms with van der Waals surface area (Å²) in [5.41, 5.74) is 5.40. The van der Waals surface area contributed by atoms with Gasteiger partial charge in [-0.05, 0) is 13.0 Å². The minimum Gasteiger partial charge on any atom is -0.479 e. The molecule has 6 saturated heterocycles. The number of carboxylic acid groups (broad SMARTS) is 3. The van der Waals surface area contributed by atoms with Gasteiger partial charge in [-0.2, -0.15) is 64.7 Å². The molecule has 6 aliphatic heterocycles. The Morgan fingerprint density at radius 3 is 0.908 bits per heavy atom. The molecule has 6 fully saturated rings. The van der Waals surface area contributed by atoms with Crippen molar-refractivity contribution >= 4 is 80.0 Å². The van der Waals surface area contributed by atoms with Gasteiger partial charge < -0.3 is 129 Å². The van der Waals surface area contributed by atoms with Crippen molar-refractivity contribution in [2.75, 3.05) is 33.0 Å². The number of aliphatic carboxylic acids is 3. The normalized spacial score (nSPS) is 41.1. The second kappa shape index (κ2) is 33.2. The van der Waals surface area contributed by atoms with Crippen molar-refractivity contribution in [3.05, 3.63) is 0 Å². The van der Waals surface area contributed by atoms with Crippen molar-refractivity contribution in [1.82, 2.24) is 14.2 Å². The molecule has 0 aromatic heterocycles. The molecule has 59 heteroatoms. The lowest BCUT2D eigenvalue weighted by Gasteiger charge is -2.50. The number of aliphatic hydroxyl groups is 10. The summed E-state index contributed by atoms with van der Waals surface area (Å²) in [5.74, 6) is -6.83. The molecule has 98 heavy (non-hydrogen) atoms. The summed E-state index contributed by atoms with van der Waals surface area (Å²) in [5, 5.41) is 141. The summed E-state index contributed by atoms with van der Waals surface area (Å²) < 4.78 is 287. The van der Waals surface area contributed by atoms with Gasteiger partial charge in [-0.3, -0.25) is 27.3 Å². The van der Waals surface area contributed by atoms with Crippen molar-refractivity contribution in [1.29, 1.82) is 0 Å². The first-order valence-electron chi connectivity index (χ1n) is 27.0. The molecule has 0 spiro atoms.